The summed E-state index contributed by atoms with van der Waals surface area (Å²) in [5.41, 5.74) is 0. The van der Waals surface area contributed by atoms with Gasteiger partial charge in [-0.15, -0.1) is 0 Å². The molecule has 0 aliphatic heterocycles. The molecule has 0 rings (SSSR count). The minimum absolute atomic E-state index is 0.0528. The zero-order chi connectivity index (χ0) is 19.7. The molecule has 5 unspecified atom stereocenters. The van der Waals surface area contributed by atoms with Crippen LogP contribution in [0.5, 0.6) is 0 Å². The van der Waals surface area contributed by atoms with Crippen LogP contribution in [0, 0.1) is 17.8 Å². The summed E-state index contributed by atoms with van der Waals surface area (Å²) in [6, 6.07) is -0.560. The summed E-state index contributed by atoms with van der Waals surface area (Å²) in [6.45, 7) is 9.96. The van der Waals surface area contributed by atoms with E-state index in [1.807, 2.05) is 21.0 Å². The van der Waals surface area contributed by atoms with E-state index in [0.717, 1.165) is 13.0 Å². The Bertz CT molecular complexity index is 415. The SMILES string of the molecule is CC(CNC(=O)C(C)C(C)CCN(C)C)C(=O)NC(C)[C@@H](O)C(C)O. The van der Waals surface area contributed by atoms with Crippen LogP contribution in [-0.2, 0) is 9.59 Å². The normalized spacial score (nSPS) is 18.8. The maximum Gasteiger partial charge on any atom is 0.224 e. The predicted octanol–water partition coefficient (Wildman–Crippen LogP) is 0.209. The van der Waals surface area contributed by atoms with Gasteiger partial charge in [0.05, 0.1) is 24.2 Å². The monoisotopic (exact) mass is 359 g/mol. The molecule has 25 heavy (non-hydrogen) atoms. The first kappa shape index (κ1) is 23.8. The van der Waals surface area contributed by atoms with Gasteiger partial charge in [0, 0.05) is 12.5 Å². The zero-order valence-corrected chi connectivity index (χ0v) is 16.7. The van der Waals surface area contributed by atoms with Crippen LogP contribution in [-0.4, -0.2) is 72.4 Å². The van der Waals surface area contributed by atoms with Gasteiger partial charge >= 0.3 is 0 Å². The molecule has 0 spiro atoms. The molecule has 2 amide bonds. The number of nitrogens with one attached hydrogen (secondary N) is 2. The summed E-state index contributed by atoms with van der Waals surface area (Å²) in [5, 5.41) is 24.6. The smallest absolute Gasteiger partial charge is 0.224 e. The maximum atomic E-state index is 12.2. The second kappa shape index (κ2) is 11.4. The topological polar surface area (TPSA) is 102 Å². The van der Waals surface area contributed by atoms with Gasteiger partial charge in [-0.1, -0.05) is 20.8 Å². The Kier molecular flexibility index (Phi) is 10.9. The number of hydrogen-bond donors (Lipinski definition) is 4. The fraction of sp³-hybridized carbons (Fsp3) is 0.889. The molecular formula is C18H37N3O4. The van der Waals surface area contributed by atoms with Crippen LogP contribution in [0.1, 0.15) is 41.0 Å². The summed E-state index contributed by atoms with van der Waals surface area (Å²) in [4.78, 5) is 26.5. The summed E-state index contributed by atoms with van der Waals surface area (Å²) in [7, 11) is 4.01. The summed E-state index contributed by atoms with van der Waals surface area (Å²) < 4.78 is 0. The Hall–Kier alpha value is -1.18. The molecule has 0 bridgehead atoms. The standard InChI is InChI=1S/C18H37N3O4/c1-11(8-9-21(6)7)13(3)18(25)19-10-12(2)17(24)20-14(4)16(23)15(5)22/h11-16,22-23H,8-10H2,1-7H3,(H,19,25)(H,20,24)/t11?,12?,13?,14?,15?,16-/m1/s1. The van der Waals surface area contributed by atoms with E-state index in [1.54, 1.807) is 13.8 Å². The molecule has 148 valence electrons. The van der Waals surface area contributed by atoms with E-state index in [4.69, 9.17) is 0 Å². The average Bonchev–Trinajstić information content (AvgIpc) is 2.54. The molecule has 4 N–H and O–H groups in total. The number of carbonyl (C=O) groups excluding carboxylic acids is 2. The van der Waals surface area contributed by atoms with Gasteiger partial charge in [0.15, 0.2) is 0 Å². The van der Waals surface area contributed by atoms with Gasteiger partial charge < -0.3 is 25.7 Å². The van der Waals surface area contributed by atoms with Gasteiger partial charge in [0.25, 0.3) is 0 Å². The number of hydrogen-bond acceptors (Lipinski definition) is 5. The lowest BCUT2D eigenvalue weighted by atomic mass is 9.92. The highest BCUT2D eigenvalue weighted by Gasteiger charge is 2.25. The van der Waals surface area contributed by atoms with E-state index >= 15 is 0 Å². The first-order valence-corrected chi connectivity index (χ1v) is 9.06. The lowest BCUT2D eigenvalue weighted by molar-refractivity contribution is -0.128. The van der Waals surface area contributed by atoms with Crippen LogP contribution in [0.4, 0.5) is 0 Å². The van der Waals surface area contributed by atoms with Crippen molar-refractivity contribution in [1.82, 2.24) is 15.5 Å². The predicted molar refractivity (Wildman–Crippen MR) is 99.0 cm³/mol. The van der Waals surface area contributed by atoms with Crippen molar-refractivity contribution in [3.63, 3.8) is 0 Å². The van der Waals surface area contributed by atoms with Gasteiger partial charge in [-0.05, 0) is 46.8 Å². The lowest BCUT2D eigenvalue weighted by Crippen LogP contribution is -2.49. The number of carbonyl (C=O) groups is 2. The van der Waals surface area contributed by atoms with Crippen molar-refractivity contribution in [2.24, 2.45) is 17.8 Å². The van der Waals surface area contributed by atoms with Crippen LogP contribution in [0.25, 0.3) is 0 Å². The third kappa shape index (κ3) is 9.18. The van der Waals surface area contributed by atoms with Gasteiger partial charge in [-0.3, -0.25) is 9.59 Å². The largest absolute Gasteiger partial charge is 0.391 e. The lowest BCUT2D eigenvalue weighted by Gasteiger charge is -2.25. The van der Waals surface area contributed by atoms with E-state index in [2.05, 4.69) is 22.5 Å². The molecule has 0 saturated heterocycles. The highest BCUT2D eigenvalue weighted by atomic mass is 16.3. The second-order valence-electron chi connectivity index (χ2n) is 7.53. The van der Waals surface area contributed by atoms with Gasteiger partial charge in [-0.2, -0.15) is 0 Å². The maximum absolute atomic E-state index is 12.2. The third-order valence-electron chi connectivity index (χ3n) is 4.71. The fourth-order valence-corrected chi connectivity index (χ4v) is 2.35. The number of amides is 2. The molecule has 0 aromatic heterocycles. The van der Waals surface area contributed by atoms with Crippen LogP contribution in [0.3, 0.4) is 0 Å². The number of aliphatic hydroxyl groups excluding tert-OH is 2. The van der Waals surface area contributed by atoms with Crippen molar-refractivity contribution in [3.8, 4) is 0 Å². The quantitative estimate of drug-likeness (QED) is 0.422. The minimum Gasteiger partial charge on any atom is -0.391 e. The molecule has 7 nitrogen and oxygen atoms in total. The second-order valence-corrected chi connectivity index (χ2v) is 7.53. The molecule has 0 fully saturated rings. The molecule has 0 aromatic rings. The molecule has 0 aromatic carbocycles. The molecule has 0 aliphatic carbocycles. The number of nitrogens with zero attached hydrogens (tertiary/aromatic N) is 1. The van der Waals surface area contributed by atoms with Crippen LogP contribution >= 0.6 is 0 Å². The van der Waals surface area contributed by atoms with Crippen molar-refractivity contribution >= 4 is 11.8 Å². The van der Waals surface area contributed by atoms with Gasteiger partial charge in [-0.25, -0.2) is 0 Å². The van der Waals surface area contributed by atoms with Crippen LogP contribution < -0.4 is 10.6 Å². The fourth-order valence-electron chi connectivity index (χ4n) is 2.35. The van der Waals surface area contributed by atoms with E-state index in [0.29, 0.717) is 0 Å². The van der Waals surface area contributed by atoms with Gasteiger partial charge in [0.1, 0.15) is 0 Å². The molecule has 7 heteroatoms. The zero-order valence-electron chi connectivity index (χ0n) is 16.7. The molecule has 0 aliphatic rings. The highest BCUT2D eigenvalue weighted by molar-refractivity contribution is 5.81. The molecule has 6 atom stereocenters. The summed E-state index contributed by atoms with van der Waals surface area (Å²) >= 11 is 0. The van der Waals surface area contributed by atoms with Crippen molar-refractivity contribution in [2.45, 2.75) is 59.3 Å². The first-order chi connectivity index (χ1) is 11.5. The van der Waals surface area contributed by atoms with E-state index in [1.165, 1.54) is 6.92 Å². The third-order valence-corrected chi connectivity index (χ3v) is 4.71. The minimum atomic E-state index is -1.02. The van der Waals surface area contributed by atoms with Crippen molar-refractivity contribution in [2.75, 3.05) is 27.2 Å². The van der Waals surface area contributed by atoms with Crippen molar-refractivity contribution < 1.29 is 19.8 Å². The Morgan fingerprint density at radius 2 is 1.56 bits per heavy atom. The molecular weight excluding hydrogens is 322 g/mol. The van der Waals surface area contributed by atoms with Crippen LogP contribution in [0.15, 0.2) is 0 Å². The highest BCUT2D eigenvalue weighted by Crippen LogP contribution is 2.15. The van der Waals surface area contributed by atoms with E-state index in [9.17, 15) is 19.8 Å². The van der Waals surface area contributed by atoms with Crippen molar-refractivity contribution in [1.29, 1.82) is 0 Å². The Labute approximate surface area is 152 Å². The Morgan fingerprint density at radius 3 is 2.04 bits per heavy atom. The molecule has 0 heterocycles. The van der Waals surface area contributed by atoms with Crippen LogP contribution in [0.2, 0.25) is 0 Å². The van der Waals surface area contributed by atoms with E-state index < -0.39 is 24.2 Å². The summed E-state index contributed by atoms with van der Waals surface area (Å²) in [6.07, 6.45) is -1.01. The molecule has 0 radical (unpaired) electrons. The average molecular weight is 360 g/mol. The first-order valence-electron chi connectivity index (χ1n) is 9.06. The van der Waals surface area contributed by atoms with Crippen molar-refractivity contribution in [3.05, 3.63) is 0 Å². The Balaban J connectivity index is 4.32. The Morgan fingerprint density at radius 1 is 1.00 bits per heavy atom. The number of rotatable bonds is 11. The van der Waals surface area contributed by atoms with Gasteiger partial charge in [0.2, 0.25) is 11.8 Å². The number of aliphatic hydroxyl groups is 2. The van der Waals surface area contributed by atoms with E-state index in [-0.39, 0.29) is 30.2 Å². The summed E-state index contributed by atoms with van der Waals surface area (Å²) in [5.74, 6) is -0.598. The molecule has 0 saturated carbocycles.